The van der Waals surface area contributed by atoms with Crippen molar-refractivity contribution < 1.29 is 9.53 Å². The van der Waals surface area contributed by atoms with E-state index in [4.69, 9.17) is 16.3 Å². The molecule has 0 spiro atoms. The molecule has 0 aliphatic rings. The molecule has 1 aromatic rings. The van der Waals surface area contributed by atoms with E-state index in [1.54, 1.807) is 19.1 Å². The molecule has 0 aliphatic carbocycles. The molecule has 0 bridgehead atoms. The largest absolute Gasteiger partial charge is 0.493 e. The molecule has 1 unspecified atom stereocenters. The molecule has 0 radical (unpaired) electrons. The zero-order valence-corrected chi connectivity index (χ0v) is 11.8. The van der Waals surface area contributed by atoms with Gasteiger partial charge >= 0.3 is 0 Å². The number of halogens is 1. The van der Waals surface area contributed by atoms with Crippen molar-refractivity contribution in [2.75, 3.05) is 6.61 Å². The SMILES string of the molecule is CC.CCC(COc1cccc(Cl)c1)C(C)=O. The van der Waals surface area contributed by atoms with Gasteiger partial charge in [0.1, 0.15) is 11.5 Å². The molecule has 0 heterocycles. The summed E-state index contributed by atoms with van der Waals surface area (Å²) in [4.78, 5) is 11.2. The van der Waals surface area contributed by atoms with Crippen LogP contribution in [0.1, 0.15) is 34.1 Å². The van der Waals surface area contributed by atoms with Gasteiger partial charge < -0.3 is 4.74 Å². The molecule has 0 aliphatic heterocycles. The normalized spacial score (nSPS) is 11.1. The predicted octanol–water partition coefficient (Wildman–Crippen LogP) is 4.36. The van der Waals surface area contributed by atoms with E-state index in [2.05, 4.69) is 0 Å². The maximum atomic E-state index is 11.2. The van der Waals surface area contributed by atoms with Crippen LogP contribution in [0.5, 0.6) is 5.75 Å². The highest BCUT2D eigenvalue weighted by molar-refractivity contribution is 6.30. The average Bonchev–Trinajstić information content (AvgIpc) is 2.32. The van der Waals surface area contributed by atoms with Crippen LogP contribution in [0.25, 0.3) is 0 Å². The number of carbonyl (C=O) groups excluding carboxylic acids is 1. The molecule has 3 heteroatoms. The Labute approximate surface area is 109 Å². The van der Waals surface area contributed by atoms with Crippen LogP contribution < -0.4 is 4.74 Å². The number of hydrogen-bond donors (Lipinski definition) is 0. The van der Waals surface area contributed by atoms with Gasteiger partial charge in [-0.25, -0.2) is 0 Å². The lowest BCUT2D eigenvalue weighted by atomic mass is 10.0. The monoisotopic (exact) mass is 256 g/mol. The number of hydrogen-bond acceptors (Lipinski definition) is 2. The van der Waals surface area contributed by atoms with Gasteiger partial charge in [-0.3, -0.25) is 4.79 Å². The summed E-state index contributed by atoms with van der Waals surface area (Å²) in [5, 5.41) is 0.642. The van der Waals surface area contributed by atoms with Crippen molar-refractivity contribution in [2.45, 2.75) is 34.1 Å². The highest BCUT2D eigenvalue weighted by Gasteiger charge is 2.12. The Hall–Kier alpha value is -1.02. The van der Waals surface area contributed by atoms with Crippen molar-refractivity contribution >= 4 is 17.4 Å². The Morgan fingerprint density at radius 2 is 2.06 bits per heavy atom. The minimum absolute atomic E-state index is 0.0241. The van der Waals surface area contributed by atoms with Crippen LogP contribution in [0.2, 0.25) is 5.02 Å². The first kappa shape index (κ1) is 16.0. The highest BCUT2D eigenvalue weighted by Crippen LogP contribution is 2.18. The van der Waals surface area contributed by atoms with E-state index in [0.717, 1.165) is 6.42 Å². The van der Waals surface area contributed by atoms with Crippen LogP contribution in [0.4, 0.5) is 0 Å². The number of ketones is 1. The smallest absolute Gasteiger partial charge is 0.136 e. The van der Waals surface area contributed by atoms with Crippen molar-refractivity contribution in [3.8, 4) is 5.75 Å². The molecule has 1 rings (SSSR count). The lowest BCUT2D eigenvalue weighted by Gasteiger charge is -2.12. The van der Waals surface area contributed by atoms with Crippen molar-refractivity contribution in [3.05, 3.63) is 29.3 Å². The first-order chi connectivity index (χ1) is 8.13. The third-order valence-corrected chi connectivity index (χ3v) is 2.55. The van der Waals surface area contributed by atoms with Crippen molar-refractivity contribution in [3.63, 3.8) is 0 Å². The Kier molecular flexibility index (Phi) is 8.51. The molecule has 0 fully saturated rings. The number of benzene rings is 1. The van der Waals surface area contributed by atoms with Crippen molar-refractivity contribution in [1.29, 1.82) is 0 Å². The van der Waals surface area contributed by atoms with Gasteiger partial charge in [-0.1, -0.05) is 38.4 Å². The lowest BCUT2D eigenvalue weighted by Crippen LogP contribution is -2.18. The topological polar surface area (TPSA) is 26.3 Å². The summed E-state index contributed by atoms with van der Waals surface area (Å²) in [6.45, 7) is 8.00. The number of carbonyl (C=O) groups is 1. The summed E-state index contributed by atoms with van der Waals surface area (Å²) in [7, 11) is 0. The highest BCUT2D eigenvalue weighted by atomic mass is 35.5. The molecular formula is C14H21ClO2. The van der Waals surface area contributed by atoms with E-state index in [0.29, 0.717) is 17.4 Å². The Morgan fingerprint density at radius 3 is 2.53 bits per heavy atom. The molecule has 1 aromatic carbocycles. The second-order valence-corrected chi connectivity index (χ2v) is 3.92. The van der Waals surface area contributed by atoms with Crippen molar-refractivity contribution in [2.24, 2.45) is 5.92 Å². The van der Waals surface area contributed by atoms with E-state index in [1.807, 2.05) is 32.9 Å². The van der Waals surface area contributed by atoms with E-state index < -0.39 is 0 Å². The molecule has 1 atom stereocenters. The molecule has 0 N–H and O–H groups in total. The van der Waals surface area contributed by atoms with Crippen LogP contribution in [0, 0.1) is 5.92 Å². The fraction of sp³-hybridized carbons (Fsp3) is 0.500. The summed E-state index contributed by atoms with van der Waals surface area (Å²) < 4.78 is 5.50. The standard InChI is InChI=1S/C12H15ClO2.C2H6/c1-3-10(9(2)14)8-15-12-6-4-5-11(13)7-12;1-2/h4-7,10H,3,8H2,1-2H3;1-2H3. The third kappa shape index (κ3) is 6.32. The van der Waals surface area contributed by atoms with Crippen LogP contribution in [-0.4, -0.2) is 12.4 Å². The molecule has 0 saturated heterocycles. The summed E-state index contributed by atoms with van der Waals surface area (Å²) in [6, 6.07) is 7.19. The second kappa shape index (κ2) is 9.06. The zero-order chi connectivity index (χ0) is 13.3. The molecule has 2 nitrogen and oxygen atoms in total. The first-order valence-electron chi connectivity index (χ1n) is 6.02. The number of Topliss-reactive ketones (excluding diaryl/α,β-unsaturated/α-hetero) is 1. The van der Waals surface area contributed by atoms with E-state index in [9.17, 15) is 4.79 Å². The molecule has 0 saturated carbocycles. The van der Waals surface area contributed by atoms with Gasteiger partial charge in [-0.2, -0.15) is 0 Å². The molecule has 0 aromatic heterocycles. The van der Waals surface area contributed by atoms with Gasteiger partial charge in [0, 0.05) is 5.02 Å². The molecule has 17 heavy (non-hydrogen) atoms. The van der Waals surface area contributed by atoms with Crippen LogP contribution >= 0.6 is 11.6 Å². The average molecular weight is 257 g/mol. The predicted molar refractivity (Wildman–Crippen MR) is 72.8 cm³/mol. The number of ether oxygens (including phenoxy) is 1. The van der Waals surface area contributed by atoms with Gasteiger partial charge in [-0.05, 0) is 31.5 Å². The maximum Gasteiger partial charge on any atom is 0.136 e. The van der Waals surface area contributed by atoms with E-state index in [1.165, 1.54) is 0 Å². The third-order valence-electron chi connectivity index (χ3n) is 2.31. The summed E-state index contributed by atoms with van der Waals surface area (Å²) in [6.07, 6.45) is 0.801. The first-order valence-corrected chi connectivity index (χ1v) is 6.40. The summed E-state index contributed by atoms with van der Waals surface area (Å²) >= 11 is 5.81. The minimum atomic E-state index is -0.0241. The van der Waals surface area contributed by atoms with E-state index in [-0.39, 0.29) is 11.7 Å². The Bertz CT molecular complexity index is 337. The van der Waals surface area contributed by atoms with Crippen molar-refractivity contribution in [1.82, 2.24) is 0 Å². The van der Waals surface area contributed by atoms with Gasteiger partial charge in [0.2, 0.25) is 0 Å². The van der Waals surface area contributed by atoms with Gasteiger partial charge in [0.05, 0.1) is 12.5 Å². The Balaban J connectivity index is 0.00000121. The van der Waals surface area contributed by atoms with Crippen LogP contribution in [0.3, 0.4) is 0 Å². The molecular weight excluding hydrogens is 236 g/mol. The van der Waals surface area contributed by atoms with Gasteiger partial charge in [-0.15, -0.1) is 0 Å². The van der Waals surface area contributed by atoms with Crippen LogP contribution in [-0.2, 0) is 4.79 Å². The fourth-order valence-corrected chi connectivity index (χ4v) is 1.46. The quantitative estimate of drug-likeness (QED) is 0.782. The fourth-order valence-electron chi connectivity index (χ4n) is 1.28. The Morgan fingerprint density at radius 1 is 1.41 bits per heavy atom. The minimum Gasteiger partial charge on any atom is -0.493 e. The zero-order valence-electron chi connectivity index (χ0n) is 11.0. The van der Waals surface area contributed by atoms with E-state index >= 15 is 0 Å². The molecule has 96 valence electrons. The maximum absolute atomic E-state index is 11.2. The molecule has 0 amide bonds. The lowest BCUT2D eigenvalue weighted by molar-refractivity contribution is -0.121. The summed E-state index contributed by atoms with van der Waals surface area (Å²) in [5.41, 5.74) is 0. The van der Waals surface area contributed by atoms with Gasteiger partial charge in [0.15, 0.2) is 0 Å². The second-order valence-electron chi connectivity index (χ2n) is 3.48. The number of rotatable bonds is 5. The summed E-state index contributed by atoms with van der Waals surface area (Å²) in [5.74, 6) is 0.853. The van der Waals surface area contributed by atoms with Gasteiger partial charge in [0.25, 0.3) is 0 Å². The van der Waals surface area contributed by atoms with Crippen LogP contribution in [0.15, 0.2) is 24.3 Å².